The first kappa shape index (κ1) is 15.7. The van der Waals surface area contributed by atoms with Crippen molar-refractivity contribution < 1.29 is 24.5 Å². The number of rotatable bonds is 4. The van der Waals surface area contributed by atoms with E-state index in [1.807, 2.05) is 0 Å². The quantitative estimate of drug-likeness (QED) is 0.901. The number of benzene rings is 2. The van der Waals surface area contributed by atoms with Crippen molar-refractivity contribution in [1.82, 2.24) is 0 Å². The molecule has 6 nitrogen and oxygen atoms in total. The van der Waals surface area contributed by atoms with Crippen LogP contribution in [0.4, 0.5) is 5.69 Å². The molecule has 1 amide bonds. The number of halogens is 1. The van der Waals surface area contributed by atoms with Crippen molar-refractivity contribution in [2.24, 2.45) is 0 Å². The zero-order valence-corrected chi connectivity index (χ0v) is 12.2. The van der Waals surface area contributed by atoms with Crippen LogP contribution in [-0.4, -0.2) is 24.1 Å². The van der Waals surface area contributed by atoms with Gasteiger partial charge in [0.1, 0.15) is 5.75 Å². The number of anilines is 1. The van der Waals surface area contributed by atoms with Crippen LogP contribution in [0, 0.1) is 0 Å². The van der Waals surface area contributed by atoms with Crippen molar-refractivity contribution in [3.05, 3.63) is 52.5 Å². The summed E-state index contributed by atoms with van der Waals surface area (Å²) in [7, 11) is 1.41. The minimum Gasteiger partial charge on any atom is -0.872 e. The fraction of sp³-hybridized carbons (Fsp3) is 0.0667. The van der Waals surface area contributed by atoms with Crippen LogP contribution < -0.4 is 15.2 Å². The molecule has 0 saturated carbocycles. The summed E-state index contributed by atoms with van der Waals surface area (Å²) in [5.74, 6) is -2.21. The average molecular weight is 321 g/mol. The third kappa shape index (κ3) is 3.29. The Morgan fingerprint density at radius 3 is 2.55 bits per heavy atom. The second kappa shape index (κ2) is 6.36. The molecule has 2 aromatic carbocycles. The fourth-order valence-corrected chi connectivity index (χ4v) is 2.00. The lowest BCUT2D eigenvalue weighted by atomic mass is 10.1. The van der Waals surface area contributed by atoms with E-state index in [1.54, 1.807) is 12.1 Å². The first-order valence-electron chi connectivity index (χ1n) is 6.11. The van der Waals surface area contributed by atoms with Crippen molar-refractivity contribution in [1.29, 1.82) is 0 Å². The highest BCUT2D eigenvalue weighted by molar-refractivity contribution is 6.31. The Morgan fingerprint density at radius 2 is 1.91 bits per heavy atom. The molecule has 0 aliphatic rings. The molecule has 0 heterocycles. The number of carbonyl (C=O) groups excluding carboxylic acids is 1. The van der Waals surface area contributed by atoms with Gasteiger partial charge < -0.3 is 20.3 Å². The van der Waals surface area contributed by atoms with E-state index in [0.717, 1.165) is 12.1 Å². The zero-order valence-electron chi connectivity index (χ0n) is 11.4. The van der Waals surface area contributed by atoms with Gasteiger partial charge in [-0.15, -0.1) is 0 Å². The molecule has 2 aromatic rings. The summed E-state index contributed by atoms with van der Waals surface area (Å²) in [5.41, 5.74) is -0.0436. The van der Waals surface area contributed by atoms with E-state index in [9.17, 15) is 14.7 Å². The maximum atomic E-state index is 12.2. The van der Waals surface area contributed by atoms with Gasteiger partial charge in [0, 0.05) is 10.7 Å². The van der Waals surface area contributed by atoms with Crippen molar-refractivity contribution >= 4 is 29.2 Å². The number of carbonyl (C=O) groups is 2. The van der Waals surface area contributed by atoms with Gasteiger partial charge in [-0.3, -0.25) is 4.79 Å². The zero-order chi connectivity index (χ0) is 16.3. The van der Waals surface area contributed by atoms with Gasteiger partial charge >= 0.3 is 5.97 Å². The van der Waals surface area contributed by atoms with Crippen LogP contribution in [0.1, 0.15) is 20.7 Å². The molecule has 0 spiro atoms. The normalized spacial score (nSPS) is 10.1. The van der Waals surface area contributed by atoms with E-state index in [1.165, 1.54) is 19.2 Å². The lowest BCUT2D eigenvalue weighted by molar-refractivity contribution is -0.268. The number of carboxylic acids is 1. The van der Waals surface area contributed by atoms with E-state index < -0.39 is 23.2 Å². The second-order valence-electron chi connectivity index (χ2n) is 4.31. The van der Waals surface area contributed by atoms with Gasteiger partial charge in [-0.25, -0.2) is 4.79 Å². The lowest BCUT2D eigenvalue weighted by Crippen LogP contribution is -2.14. The van der Waals surface area contributed by atoms with E-state index in [2.05, 4.69) is 5.32 Å². The first-order chi connectivity index (χ1) is 10.4. The number of carboxylic acid groups (broad SMARTS) is 1. The van der Waals surface area contributed by atoms with Gasteiger partial charge in [-0.1, -0.05) is 23.4 Å². The summed E-state index contributed by atoms with van der Waals surface area (Å²) >= 11 is 5.85. The SMILES string of the molecule is COc1ccc(Cl)cc1C(=O)Nc1ccc([O-])c(C(=O)O)c1. The molecule has 0 atom stereocenters. The molecule has 0 saturated heterocycles. The van der Waals surface area contributed by atoms with Crippen LogP contribution in [-0.2, 0) is 0 Å². The van der Waals surface area contributed by atoms with E-state index in [4.69, 9.17) is 21.4 Å². The second-order valence-corrected chi connectivity index (χ2v) is 4.75. The van der Waals surface area contributed by atoms with E-state index >= 15 is 0 Å². The van der Waals surface area contributed by atoms with Gasteiger partial charge in [0.15, 0.2) is 0 Å². The molecule has 0 radical (unpaired) electrons. The topological polar surface area (TPSA) is 98.7 Å². The summed E-state index contributed by atoms with van der Waals surface area (Å²) in [5, 5.41) is 23.1. The average Bonchev–Trinajstić information content (AvgIpc) is 2.48. The molecule has 0 aliphatic heterocycles. The number of nitrogens with one attached hydrogen (secondary N) is 1. The summed E-state index contributed by atoms with van der Waals surface area (Å²) in [6.45, 7) is 0. The summed E-state index contributed by atoms with van der Waals surface area (Å²) in [4.78, 5) is 23.2. The fourth-order valence-electron chi connectivity index (χ4n) is 1.83. The Hall–Kier alpha value is -2.73. The summed E-state index contributed by atoms with van der Waals surface area (Å²) in [6, 6.07) is 8.04. The van der Waals surface area contributed by atoms with Gasteiger partial charge in [0.2, 0.25) is 0 Å². The highest BCUT2D eigenvalue weighted by atomic mass is 35.5. The molecule has 7 heteroatoms. The van der Waals surface area contributed by atoms with Crippen LogP contribution in [0.25, 0.3) is 0 Å². The molecule has 0 aliphatic carbocycles. The van der Waals surface area contributed by atoms with Crippen LogP contribution in [0.5, 0.6) is 11.5 Å². The van der Waals surface area contributed by atoms with Gasteiger partial charge in [0.05, 0.1) is 18.2 Å². The molecule has 2 N–H and O–H groups in total. The molecule has 2 rings (SSSR count). The van der Waals surface area contributed by atoms with E-state index in [-0.39, 0.29) is 11.3 Å². The minimum absolute atomic E-state index is 0.184. The minimum atomic E-state index is -1.36. The van der Waals surface area contributed by atoms with Crippen molar-refractivity contribution in [2.75, 3.05) is 12.4 Å². The third-order valence-electron chi connectivity index (χ3n) is 2.87. The highest BCUT2D eigenvalue weighted by Gasteiger charge is 2.14. The molecule has 0 aromatic heterocycles. The predicted molar refractivity (Wildman–Crippen MR) is 78.8 cm³/mol. The lowest BCUT2D eigenvalue weighted by Gasteiger charge is -2.13. The number of ether oxygens (including phenoxy) is 1. The number of hydrogen-bond donors (Lipinski definition) is 2. The number of hydrogen-bond acceptors (Lipinski definition) is 4. The largest absolute Gasteiger partial charge is 0.872 e. The Labute approximate surface area is 130 Å². The maximum absolute atomic E-state index is 12.2. The number of aromatic carboxylic acids is 1. The first-order valence-corrected chi connectivity index (χ1v) is 6.49. The van der Waals surface area contributed by atoms with Gasteiger partial charge in [0.25, 0.3) is 5.91 Å². The molecule has 22 heavy (non-hydrogen) atoms. The Bertz CT molecular complexity index is 745. The van der Waals surface area contributed by atoms with Crippen molar-refractivity contribution in [3.63, 3.8) is 0 Å². The Kier molecular flexibility index (Phi) is 4.53. The molecule has 114 valence electrons. The van der Waals surface area contributed by atoms with Crippen molar-refractivity contribution in [2.45, 2.75) is 0 Å². The monoisotopic (exact) mass is 320 g/mol. The Balaban J connectivity index is 2.31. The standard InChI is InChI=1S/C15H12ClNO5/c1-22-13-5-2-8(16)6-11(13)14(19)17-9-3-4-12(18)10(7-9)15(20)21/h2-7,18H,1H3,(H,17,19)(H,20,21)/p-1. The van der Waals surface area contributed by atoms with Crippen molar-refractivity contribution in [3.8, 4) is 11.5 Å². The summed E-state index contributed by atoms with van der Waals surface area (Å²) in [6.07, 6.45) is 0. The van der Waals surface area contributed by atoms with Crippen LogP contribution in [0.3, 0.4) is 0 Å². The van der Waals surface area contributed by atoms with Gasteiger partial charge in [-0.2, -0.15) is 0 Å². The van der Waals surface area contributed by atoms with Gasteiger partial charge in [-0.05, 0) is 30.3 Å². The van der Waals surface area contributed by atoms with Crippen LogP contribution in [0.15, 0.2) is 36.4 Å². The predicted octanol–water partition coefficient (Wildman–Crippen LogP) is 2.37. The molecular formula is C15H11ClNO5-. The number of amides is 1. The maximum Gasteiger partial charge on any atom is 0.335 e. The van der Waals surface area contributed by atoms with Crippen LogP contribution >= 0.6 is 11.6 Å². The Morgan fingerprint density at radius 1 is 1.18 bits per heavy atom. The molecular weight excluding hydrogens is 310 g/mol. The smallest absolute Gasteiger partial charge is 0.335 e. The third-order valence-corrected chi connectivity index (χ3v) is 3.11. The summed E-state index contributed by atoms with van der Waals surface area (Å²) < 4.78 is 5.08. The molecule has 0 bridgehead atoms. The highest BCUT2D eigenvalue weighted by Crippen LogP contribution is 2.25. The molecule has 0 unspecified atom stereocenters. The molecule has 0 fully saturated rings. The number of methoxy groups -OCH3 is 1. The van der Waals surface area contributed by atoms with E-state index in [0.29, 0.717) is 10.8 Å². The van der Waals surface area contributed by atoms with Crippen LogP contribution in [0.2, 0.25) is 5.02 Å².